The molecule has 0 aliphatic heterocycles. The first kappa shape index (κ1) is 26.4. The molecule has 8 heteroatoms. The van der Waals surface area contributed by atoms with Crippen LogP contribution in [-0.4, -0.2) is 47.6 Å². The average Bonchev–Trinajstić information content (AvgIpc) is 2.81. The molecule has 2 aliphatic carbocycles. The Balaban J connectivity index is 1.71. The minimum atomic E-state index is -0.667. The van der Waals surface area contributed by atoms with Gasteiger partial charge in [0.2, 0.25) is 5.91 Å². The molecule has 0 saturated heterocycles. The minimum absolute atomic E-state index is 0.0129. The summed E-state index contributed by atoms with van der Waals surface area (Å²) in [7, 11) is 0. The number of rotatable bonds is 8. The maximum absolute atomic E-state index is 13.1. The van der Waals surface area contributed by atoms with Crippen LogP contribution in [-0.2, 0) is 16.1 Å². The molecule has 7 nitrogen and oxygen atoms in total. The molecule has 4 N–H and O–H groups in total. The molecule has 0 unspecified atom stereocenters. The Bertz CT molecular complexity index is 850. The second-order valence-electron chi connectivity index (χ2n) is 10.4. The number of aliphatic hydroxyl groups is 2. The maximum atomic E-state index is 13.1. The van der Waals surface area contributed by atoms with Gasteiger partial charge in [0.25, 0.3) is 0 Å². The summed E-state index contributed by atoms with van der Waals surface area (Å²) in [6, 6.07) is 5.98. The average molecular weight is 479 g/mol. The summed E-state index contributed by atoms with van der Waals surface area (Å²) in [6.45, 7) is 6.70. The number of benzene rings is 1. The molecule has 6 atom stereocenters. The summed E-state index contributed by atoms with van der Waals surface area (Å²) in [5.74, 6) is -0.784. The molecule has 34 heavy (non-hydrogen) atoms. The van der Waals surface area contributed by atoms with Crippen molar-refractivity contribution in [3.8, 4) is 0 Å². The zero-order chi connectivity index (χ0) is 24.9. The van der Waals surface area contributed by atoms with Gasteiger partial charge in [0.15, 0.2) is 0 Å². The fraction of sp³-hybridized carbons (Fsp3) is 0.692. The Kier molecular flexibility index (Phi) is 8.57. The van der Waals surface area contributed by atoms with Gasteiger partial charge < -0.3 is 25.6 Å². The van der Waals surface area contributed by atoms with E-state index < -0.39 is 23.7 Å². The number of carbonyl (C=O) groups excluding carboxylic acids is 2. The van der Waals surface area contributed by atoms with E-state index in [1.54, 1.807) is 12.1 Å². The largest absolute Gasteiger partial charge is 0.446 e. The molecule has 0 heterocycles. The Labute approximate surface area is 201 Å². The van der Waals surface area contributed by atoms with E-state index in [1.165, 1.54) is 12.1 Å². The van der Waals surface area contributed by atoms with Crippen molar-refractivity contribution in [2.24, 2.45) is 22.7 Å². The Morgan fingerprint density at radius 2 is 1.85 bits per heavy atom. The quantitative estimate of drug-likeness (QED) is 0.457. The van der Waals surface area contributed by atoms with Crippen LogP contribution in [0.5, 0.6) is 0 Å². The van der Waals surface area contributed by atoms with Gasteiger partial charge in [-0.25, -0.2) is 9.18 Å². The molecule has 190 valence electrons. The summed E-state index contributed by atoms with van der Waals surface area (Å²) in [6.07, 6.45) is 1.92. The van der Waals surface area contributed by atoms with Crippen molar-refractivity contribution in [2.75, 3.05) is 13.2 Å². The van der Waals surface area contributed by atoms with Gasteiger partial charge in [0, 0.05) is 24.9 Å². The molecular weight excluding hydrogens is 439 g/mol. The molecule has 0 spiro atoms. The molecule has 0 bridgehead atoms. The van der Waals surface area contributed by atoms with E-state index >= 15 is 0 Å². The molecule has 2 aliphatic rings. The normalized spacial score (nSPS) is 33.0. The van der Waals surface area contributed by atoms with Crippen molar-refractivity contribution in [3.63, 3.8) is 0 Å². The topological polar surface area (TPSA) is 108 Å². The van der Waals surface area contributed by atoms with E-state index in [4.69, 9.17) is 4.74 Å². The van der Waals surface area contributed by atoms with Crippen molar-refractivity contribution in [1.29, 1.82) is 0 Å². The van der Waals surface area contributed by atoms with Gasteiger partial charge in [-0.1, -0.05) is 32.9 Å². The molecule has 2 saturated carbocycles. The standard InChI is InChI=1S/C26H39FN2O5/c1-4-13-28-24(33)34-22-11-12-25(2)19(20(31)9-10-21(25)26(22,3)16-30)14-23(32)29-15-17-5-7-18(27)8-6-17/h5-8,19-22,30-31H,4,9-16H2,1-3H3,(H,28,33)(H,29,32)/t19-,20-,21+,22-,25+,26+/m1/s1. The first-order chi connectivity index (χ1) is 16.1. The molecular formula is C26H39FN2O5. The van der Waals surface area contributed by atoms with Gasteiger partial charge in [-0.2, -0.15) is 0 Å². The highest BCUT2D eigenvalue weighted by Crippen LogP contribution is 2.61. The number of amides is 2. The second-order valence-corrected chi connectivity index (χ2v) is 10.4. The van der Waals surface area contributed by atoms with Gasteiger partial charge in [0.05, 0.1) is 12.7 Å². The number of carbonyl (C=O) groups is 2. The third-order valence-corrected chi connectivity index (χ3v) is 8.25. The third kappa shape index (κ3) is 5.54. The first-order valence-electron chi connectivity index (χ1n) is 12.4. The van der Waals surface area contributed by atoms with Gasteiger partial charge in [0.1, 0.15) is 11.9 Å². The smallest absolute Gasteiger partial charge is 0.407 e. The fourth-order valence-electron chi connectivity index (χ4n) is 6.25. The first-order valence-corrected chi connectivity index (χ1v) is 12.4. The highest BCUT2D eigenvalue weighted by Gasteiger charge is 2.60. The van der Waals surface area contributed by atoms with E-state index in [0.29, 0.717) is 38.8 Å². The van der Waals surface area contributed by atoms with E-state index in [9.17, 15) is 24.2 Å². The lowest BCUT2D eigenvalue weighted by molar-refractivity contribution is -0.186. The van der Waals surface area contributed by atoms with Crippen LogP contribution in [0.3, 0.4) is 0 Å². The molecule has 3 rings (SSSR count). The molecule has 2 amide bonds. The molecule has 1 aromatic carbocycles. The van der Waals surface area contributed by atoms with Gasteiger partial charge in [-0.05, 0) is 67.1 Å². The van der Waals surface area contributed by atoms with Crippen LogP contribution < -0.4 is 10.6 Å². The van der Waals surface area contributed by atoms with Crippen LogP contribution in [0.1, 0.15) is 64.9 Å². The molecule has 0 radical (unpaired) electrons. The summed E-state index contributed by atoms with van der Waals surface area (Å²) < 4.78 is 18.9. The van der Waals surface area contributed by atoms with E-state index in [2.05, 4.69) is 17.6 Å². The minimum Gasteiger partial charge on any atom is -0.446 e. The highest BCUT2D eigenvalue weighted by atomic mass is 19.1. The Hall–Kier alpha value is -2.19. The predicted octanol–water partition coefficient (Wildman–Crippen LogP) is 3.52. The molecule has 1 aromatic rings. The number of nitrogens with one attached hydrogen (secondary N) is 2. The lowest BCUT2D eigenvalue weighted by Gasteiger charge is -2.60. The number of ether oxygens (including phenoxy) is 1. The van der Waals surface area contributed by atoms with E-state index in [-0.39, 0.29) is 42.0 Å². The van der Waals surface area contributed by atoms with Gasteiger partial charge in [-0.15, -0.1) is 0 Å². The van der Waals surface area contributed by atoms with Crippen LogP contribution in [0, 0.1) is 28.5 Å². The van der Waals surface area contributed by atoms with Gasteiger partial charge >= 0.3 is 6.09 Å². The lowest BCUT2D eigenvalue weighted by atomic mass is 9.46. The van der Waals surface area contributed by atoms with Gasteiger partial charge in [-0.3, -0.25) is 4.79 Å². The summed E-state index contributed by atoms with van der Waals surface area (Å²) in [5, 5.41) is 27.0. The zero-order valence-corrected chi connectivity index (χ0v) is 20.5. The zero-order valence-electron chi connectivity index (χ0n) is 20.5. The Morgan fingerprint density at radius 3 is 2.50 bits per heavy atom. The number of hydrogen-bond acceptors (Lipinski definition) is 5. The number of fused-ring (bicyclic) bond motifs is 1. The monoisotopic (exact) mass is 478 g/mol. The van der Waals surface area contributed by atoms with Crippen LogP contribution in [0.25, 0.3) is 0 Å². The molecule has 0 aromatic heterocycles. The van der Waals surface area contributed by atoms with Crippen LogP contribution in [0.15, 0.2) is 24.3 Å². The van der Waals surface area contributed by atoms with Crippen LogP contribution in [0.4, 0.5) is 9.18 Å². The number of hydrogen-bond donors (Lipinski definition) is 4. The van der Waals surface area contributed by atoms with Crippen molar-refractivity contribution < 1.29 is 28.9 Å². The summed E-state index contributed by atoms with van der Waals surface area (Å²) in [5.41, 5.74) is -0.253. The lowest BCUT2D eigenvalue weighted by Crippen LogP contribution is -2.61. The SMILES string of the molecule is CCCNC(=O)O[C@@H]1CC[C@]2(C)[C@H](CC[C@@H](O)[C@H]2CC(=O)NCc2ccc(F)cc2)[C@]1(C)CO. The number of halogens is 1. The van der Waals surface area contributed by atoms with Crippen LogP contribution >= 0.6 is 0 Å². The van der Waals surface area contributed by atoms with Crippen molar-refractivity contribution in [2.45, 2.75) is 78.0 Å². The third-order valence-electron chi connectivity index (χ3n) is 8.25. The second kappa shape index (κ2) is 11.0. The van der Waals surface area contributed by atoms with Crippen molar-refractivity contribution in [3.05, 3.63) is 35.6 Å². The summed E-state index contributed by atoms with van der Waals surface area (Å²) >= 11 is 0. The Morgan fingerprint density at radius 1 is 1.15 bits per heavy atom. The van der Waals surface area contributed by atoms with Crippen molar-refractivity contribution in [1.82, 2.24) is 10.6 Å². The molecule has 2 fully saturated rings. The van der Waals surface area contributed by atoms with Crippen molar-refractivity contribution >= 4 is 12.0 Å². The predicted molar refractivity (Wildman–Crippen MR) is 126 cm³/mol. The van der Waals surface area contributed by atoms with Crippen LogP contribution in [0.2, 0.25) is 0 Å². The fourth-order valence-corrected chi connectivity index (χ4v) is 6.25. The highest BCUT2D eigenvalue weighted by molar-refractivity contribution is 5.76. The summed E-state index contributed by atoms with van der Waals surface area (Å²) in [4.78, 5) is 25.1. The van der Waals surface area contributed by atoms with E-state index in [1.807, 2.05) is 13.8 Å². The number of alkyl carbamates (subject to hydrolysis) is 1. The number of aliphatic hydroxyl groups excluding tert-OH is 2. The maximum Gasteiger partial charge on any atom is 0.407 e. The van der Waals surface area contributed by atoms with E-state index in [0.717, 1.165) is 12.0 Å².